The molecule has 0 saturated heterocycles. The maximum atomic E-state index is 3.75. The van der Waals surface area contributed by atoms with Crippen LogP contribution in [0.3, 0.4) is 0 Å². The lowest BCUT2D eigenvalue weighted by Crippen LogP contribution is -1.80. The minimum atomic E-state index is 1.20. The third kappa shape index (κ3) is 15.5. The topological polar surface area (TPSA) is 0 Å². The first-order chi connectivity index (χ1) is 8.91. The van der Waals surface area contributed by atoms with Crippen LogP contribution in [0.2, 0.25) is 0 Å². The minimum absolute atomic E-state index is 1.20. The Labute approximate surface area is 116 Å². The van der Waals surface area contributed by atoms with E-state index in [1.807, 2.05) is 6.08 Å². The summed E-state index contributed by atoms with van der Waals surface area (Å²) in [5, 5.41) is 0. The van der Waals surface area contributed by atoms with E-state index in [4.69, 9.17) is 0 Å². The van der Waals surface area contributed by atoms with Gasteiger partial charge in [0.25, 0.3) is 0 Å². The Bertz CT molecular complexity index is 178. The lowest BCUT2D eigenvalue weighted by Gasteiger charge is -2.00. The molecule has 0 aliphatic rings. The van der Waals surface area contributed by atoms with Gasteiger partial charge in [0, 0.05) is 0 Å². The van der Waals surface area contributed by atoms with E-state index in [-0.39, 0.29) is 0 Å². The number of hydrogen-bond donors (Lipinski definition) is 0. The van der Waals surface area contributed by atoms with Gasteiger partial charge in [-0.2, -0.15) is 0 Å². The molecule has 0 unspecified atom stereocenters. The summed E-state index contributed by atoms with van der Waals surface area (Å²) >= 11 is 0. The van der Waals surface area contributed by atoms with Gasteiger partial charge < -0.3 is 0 Å². The van der Waals surface area contributed by atoms with E-state index in [1.54, 1.807) is 0 Å². The van der Waals surface area contributed by atoms with Gasteiger partial charge in [-0.25, -0.2) is 0 Å². The number of unbranched alkanes of at least 4 members (excludes halogenated alkanes) is 11. The highest BCUT2D eigenvalue weighted by Gasteiger charge is 1.90. The Kier molecular flexibility index (Phi) is 16.0. The lowest BCUT2D eigenvalue weighted by molar-refractivity contribution is 0.583. The van der Waals surface area contributed by atoms with Crippen molar-refractivity contribution in [3.63, 3.8) is 0 Å². The molecular formula is C18H34. The Balaban J connectivity index is 3.00. The van der Waals surface area contributed by atoms with E-state index in [9.17, 15) is 0 Å². The third-order valence-electron chi connectivity index (χ3n) is 3.42. The van der Waals surface area contributed by atoms with Gasteiger partial charge in [-0.05, 0) is 38.5 Å². The molecule has 106 valence electrons. The van der Waals surface area contributed by atoms with Crippen LogP contribution < -0.4 is 0 Å². The van der Waals surface area contributed by atoms with Crippen molar-refractivity contribution in [3.8, 4) is 0 Å². The molecule has 18 heavy (non-hydrogen) atoms. The maximum absolute atomic E-state index is 3.75. The monoisotopic (exact) mass is 250 g/mol. The first kappa shape index (κ1) is 17.5. The standard InChI is InChI=1S/C18H34/c1-3-5-7-9-11-13-15-17-18-16-14-12-10-8-6-4-2/h3,12,14H,1,4-11,13,15-18H2,2H3. The summed E-state index contributed by atoms with van der Waals surface area (Å²) in [6.45, 7) is 6.02. The Morgan fingerprint density at radius 2 is 1.06 bits per heavy atom. The zero-order chi connectivity index (χ0) is 13.3. The summed E-state index contributed by atoms with van der Waals surface area (Å²) in [7, 11) is 0. The van der Waals surface area contributed by atoms with Gasteiger partial charge in [-0.15, -0.1) is 6.58 Å². The smallest absolute Gasteiger partial charge is 0.0351 e. The van der Waals surface area contributed by atoms with Crippen LogP contribution in [0.4, 0.5) is 0 Å². The predicted molar refractivity (Wildman–Crippen MR) is 85.0 cm³/mol. The van der Waals surface area contributed by atoms with Crippen molar-refractivity contribution in [2.24, 2.45) is 0 Å². The first-order valence-electron chi connectivity index (χ1n) is 8.17. The van der Waals surface area contributed by atoms with Gasteiger partial charge in [-0.3, -0.25) is 0 Å². The molecule has 0 heteroatoms. The number of rotatable bonds is 14. The molecule has 0 aliphatic carbocycles. The van der Waals surface area contributed by atoms with E-state index in [0.717, 1.165) is 0 Å². The van der Waals surface area contributed by atoms with Crippen LogP contribution in [0.25, 0.3) is 0 Å². The molecule has 0 radical (unpaired) electrons. The SMILES string of the molecule is C=CCCCCCCCCCC=CCCCCC. The maximum Gasteiger partial charge on any atom is -0.0351 e. The van der Waals surface area contributed by atoms with E-state index in [2.05, 4.69) is 25.7 Å². The molecule has 0 saturated carbocycles. The van der Waals surface area contributed by atoms with Gasteiger partial charge in [0.2, 0.25) is 0 Å². The van der Waals surface area contributed by atoms with Crippen molar-refractivity contribution in [2.45, 2.75) is 90.4 Å². The number of hydrogen-bond acceptors (Lipinski definition) is 0. The summed E-state index contributed by atoms with van der Waals surface area (Å²) in [4.78, 5) is 0. The van der Waals surface area contributed by atoms with E-state index in [1.165, 1.54) is 83.5 Å². The van der Waals surface area contributed by atoms with Crippen LogP contribution in [-0.4, -0.2) is 0 Å². The highest BCUT2D eigenvalue weighted by Crippen LogP contribution is 2.10. The van der Waals surface area contributed by atoms with Crippen molar-refractivity contribution in [2.75, 3.05) is 0 Å². The molecule has 0 rings (SSSR count). The average molecular weight is 250 g/mol. The van der Waals surface area contributed by atoms with Crippen LogP contribution in [0, 0.1) is 0 Å². The Hall–Kier alpha value is -0.520. The molecule has 0 nitrogen and oxygen atoms in total. The second-order valence-corrected chi connectivity index (χ2v) is 5.31. The second kappa shape index (κ2) is 16.5. The molecule has 0 spiro atoms. The van der Waals surface area contributed by atoms with Crippen LogP contribution in [0.15, 0.2) is 24.8 Å². The molecule has 0 N–H and O–H groups in total. The molecule has 0 aromatic carbocycles. The molecule has 0 aromatic rings. The summed E-state index contributed by atoms with van der Waals surface area (Å²) < 4.78 is 0. The number of allylic oxidation sites excluding steroid dienone is 3. The Morgan fingerprint density at radius 1 is 0.611 bits per heavy atom. The van der Waals surface area contributed by atoms with Gasteiger partial charge in [0.1, 0.15) is 0 Å². The lowest BCUT2D eigenvalue weighted by atomic mass is 10.1. The molecule has 0 atom stereocenters. The molecule has 0 heterocycles. The highest BCUT2D eigenvalue weighted by atomic mass is 14.0. The fourth-order valence-corrected chi connectivity index (χ4v) is 2.18. The molecule has 0 fully saturated rings. The van der Waals surface area contributed by atoms with Crippen LogP contribution >= 0.6 is 0 Å². The van der Waals surface area contributed by atoms with Gasteiger partial charge >= 0.3 is 0 Å². The van der Waals surface area contributed by atoms with Gasteiger partial charge in [0.05, 0.1) is 0 Å². The summed E-state index contributed by atoms with van der Waals surface area (Å²) in [5.41, 5.74) is 0. The van der Waals surface area contributed by atoms with Crippen molar-refractivity contribution in [3.05, 3.63) is 24.8 Å². The van der Waals surface area contributed by atoms with Crippen LogP contribution in [-0.2, 0) is 0 Å². The van der Waals surface area contributed by atoms with Gasteiger partial charge in [-0.1, -0.05) is 70.1 Å². The van der Waals surface area contributed by atoms with E-state index in [0.29, 0.717) is 0 Å². The fraction of sp³-hybridized carbons (Fsp3) is 0.778. The van der Waals surface area contributed by atoms with Crippen LogP contribution in [0.1, 0.15) is 90.4 Å². The van der Waals surface area contributed by atoms with Gasteiger partial charge in [0.15, 0.2) is 0 Å². The second-order valence-electron chi connectivity index (χ2n) is 5.31. The molecule has 0 aromatic heterocycles. The summed E-state index contributed by atoms with van der Waals surface area (Å²) in [5.74, 6) is 0. The molecule has 0 amide bonds. The molecule has 0 aliphatic heterocycles. The predicted octanol–water partition coefficient (Wildman–Crippen LogP) is 6.82. The van der Waals surface area contributed by atoms with Crippen molar-refractivity contribution in [1.29, 1.82) is 0 Å². The van der Waals surface area contributed by atoms with Crippen molar-refractivity contribution >= 4 is 0 Å². The highest BCUT2D eigenvalue weighted by molar-refractivity contribution is 4.81. The van der Waals surface area contributed by atoms with E-state index < -0.39 is 0 Å². The fourth-order valence-electron chi connectivity index (χ4n) is 2.18. The van der Waals surface area contributed by atoms with E-state index >= 15 is 0 Å². The van der Waals surface area contributed by atoms with Crippen LogP contribution in [0.5, 0.6) is 0 Å². The largest absolute Gasteiger partial charge is 0.103 e. The molecule has 0 bridgehead atoms. The zero-order valence-electron chi connectivity index (χ0n) is 12.6. The normalized spacial score (nSPS) is 11.2. The Morgan fingerprint density at radius 3 is 1.56 bits per heavy atom. The summed E-state index contributed by atoms with van der Waals surface area (Å²) in [6.07, 6.45) is 24.5. The quantitative estimate of drug-likeness (QED) is 0.234. The van der Waals surface area contributed by atoms with Crippen molar-refractivity contribution in [1.82, 2.24) is 0 Å². The first-order valence-corrected chi connectivity index (χ1v) is 8.17. The zero-order valence-corrected chi connectivity index (χ0v) is 12.6. The molecular weight excluding hydrogens is 216 g/mol. The van der Waals surface area contributed by atoms with Crippen molar-refractivity contribution < 1.29 is 0 Å². The average Bonchev–Trinajstić information content (AvgIpc) is 2.39. The summed E-state index contributed by atoms with van der Waals surface area (Å²) in [6, 6.07) is 0. The minimum Gasteiger partial charge on any atom is -0.103 e. The third-order valence-corrected chi connectivity index (χ3v) is 3.42.